The number of hydrogen-bond donors (Lipinski definition) is 1. The highest BCUT2D eigenvalue weighted by Crippen LogP contribution is 2.67. The molecule has 0 heterocycles. The molecule has 4 rings (SSSR count). The van der Waals surface area contributed by atoms with E-state index in [1.54, 1.807) is 6.08 Å². The van der Waals surface area contributed by atoms with Crippen molar-refractivity contribution in [2.24, 2.45) is 46.3 Å². The highest BCUT2D eigenvalue weighted by atomic mass is 16.4. The number of ketones is 2. The molecule has 4 fully saturated rings. The number of allylic oxidation sites excluding steroid dienone is 1. The van der Waals surface area contributed by atoms with Crippen molar-refractivity contribution in [3.8, 4) is 0 Å². The van der Waals surface area contributed by atoms with Gasteiger partial charge in [0.25, 0.3) is 0 Å². The van der Waals surface area contributed by atoms with Crippen LogP contribution < -0.4 is 0 Å². The molecule has 4 saturated carbocycles. The Kier molecular flexibility index (Phi) is 4.83. The van der Waals surface area contributed by atoms with Crippen molar-refractivity contribution in [3.63, 3.8) is 0 Å². The van der Waals surface area contributed by atoms with Gasteiger partial charge in [0.1, 0.15) is 11.6 Å². The van der Waals surface area contributed by atoms with Gasteiger partial charge in [0.2, 0.25) is 0 Å². The minimum Gasteiger partial charge on any atom is -0.478 e. The normalized spacial score (nSPS) is 46.8. The average Bonchev–Trinajstić information content (AvgIpc) is 3.00. The van der Waals surface area contributed by atoms with Crippen LogP contribution in [0.1, 0.15) is 72.1 Å². The van der Waals surface area contributed by atoms with Gasteiger partial charge in [0, 0.05) is 30.8 Å². The topological polar surface area (TPSA) is 71.4 Å². The summed E-state index contributed by atoms with van der Waals surface area (Å²) in [5.41, 5.74) is -0.183. The molecule has 4 aliphatic carbocycles. The van der Waals surface area contributed by atoms with Crippen LogP contribution in [0.15, 0.2) is 12.2 Å². The van der Waals surface area contributed by atoms with Gasteiger partial charge >= 0.3 is 5.97 Å². The van der Waals surface area contributed by atoms with Gasteiger partial charge in [-0.2, -0.15) is 0 Å². The fourth-order valence-corrected chi connectivity index (χ4v) is 8.00. The van der Waals surface area contributed by atoms with Crippen molar-refractivity contribution in [3.05, 3.63) is 12.2 Å². The first kappa shape index (κ1) is 19.8. The molecule has 8 atom stereocenters. The smallest absolute Gasteiger partial charge is 0.327 e. The Morgan fingerprint density at radius 3 is 2.57 bits per heavy atom. The summed E-state index contributed by atoms with van der Waals surface area (Å²) >= 11 is 0. The molecular formula is C24H34O4. The molecular weight excluding hydrogens is 352 g/mol. The van der Waals surface area contributed by atoms with Gasteiger partial charge < -0.3 is 5.11 Å². The number of hydrogen-bond acceptors (Lipinski definition) is 3. The van der Waals surface area contributed by atoms with Gasteiger partial charge in [0.05, 0.1) is 0 Å². The van der Waals surface area contributed by atoms with Crippen LogP contribution in [-0.4, -0.2) is 22.6 Å². The lowest BCUT2D eigenvalue weighted by Gasteiger charge is -2.59. The number of rotatable bonds is 3. The second-order valence-electron chi connectivity index (χ2n) is 10.6. The third kappa shape index (κ3) is 2.81. The van der Waals surface area contributed by atoms with E-state index in [1.807, 2.05) is 0 Å². The first-order valence-electron chi connectivity index (χ1n) is 11.1. The van der Waals surface area contributed by atoms with Crippen LogP contribution in [-0.2, 0) is 14.4 Å². The predicted molar refractivity (Wildman–Crippen MR) is 107 cm³/mol. The van der Waals surface area contributed by atoms with Crippen LogP contribution in [0, 0.1) is 46.3 Å². The molecule has 0 spiro atoms. The first-order valence-corrected chi connectivity index (χ1v) is 11.1. The molecule has 0 radical (unpaired) electrons. The van der Waals surface area contributed by atoms with Gasteiger partial charge in [-0.05, 0) is 73.0 Å². The molecule has 154 valence electrons. The molecule has 4 aliphatic rings. The highest BCUT2D eigenvalue weighted by Gasteiger charge is 2.63. The zero-order chi connectivity index (χ0) is 20.3. The van der Waals surface area contributed by atoms with E-state index < -0.39 is 5.97 Å². The summed E-state index contributed by atoms with van der Waals surface area (Å²) in [6, 6.07) is 0. The zero-order valence-corrected chi connectivity index (χ0v) is 17.4. The minimum atomic E-state index is -0.917. The standard InChI is InChI=1S/C24H34O4/c1-14(4-9-22(27)28)18-7-8-19-17-6-5-15-12-16(25)10-11-23(15,2)20(17)13-21(26)24(18,19)3/h4,9,14-15,17-20H,5-8,10-13H2,1-3H3,(H,27,28)/t14-,15?,17+,18-,19+,20+,23+,24-/m1/s1. The second-order valence-corrected chi connectivity index (χ2v) is 10.6. The second kappa shape index (κ2) is 6.81. The Balaban J connectivity index is 1.61. The summed E-state index contributed by atoms with van der Waals surface area (Å²) in [5.74, 6) is 2.11. The fourth-order valence-electron chi connectivity index (χ4n) is 8.00. The van der Waals surface area contributed by atoms with Gasteiger partial charge in [-0.15, -0.1) is 0 Å². The van der Waals surface area contributed by atoms with E-state index in [1.165, 1.54) is 6.08 Å². The molecule has 0 amide bonds. The maximum absolute atomic E-state index is 13.6. The van der Waals surface area contributed by atoms with E-state index in [9.17, 15) is 14.4 Å². The number of fused-ring (bicyclic) bond motifs is 5. The monoisotopic (exact) mass is 386 g/mol. The van der Waals surface area contributed by atoms with Crippen LogP contribution in [0.4, 0.5) is 0 Å². The van der Waals surface area contributed by atoms with Crippen LogP contribution in [0.5, 0.6) is 0 Å². The van der Waals surface area contributed by atoms with Crippen molar-refractivity contribution in [1.82, 2.24) is 0 Å². The molecule has 1 unspecified atom stereocenters. The Morgan fingerprint density at radius 2 is 1.86 bits per heavy atom. The van der Waals surface area contributed by atoms with E-state index >= 15 is 0 Å². The largest absolute Gasteiger partial charge is 0.478 e. The summed E-state index contributed by atoms with van der Waals surface area (Å²) < 4.78 is 0. The van der Waals surface area contributed by atoms with Gasteiger partial charge in [-0.1, -0.05) is 26.8 Å². The number of carboxylic acid groups (broad SMARTS) is 1. The lowest BCUT2D eigenvalue weighted by Crippen LogP contribution is -2.57. The molecule has 0 aromatic rings. The van der Waals surface area contributed by atoms with E-state index in [0.717, 1.165) is 38.5 Å². The minimum absolute atomic E-state index is 0.103. The van der Waals surface area contributed by atoms with E-state index in [4.69, 9.17) is 5.11 Å². The number of aliphatic carboxylic acids is 1. The third-order valence-electron chi connectivity index (χ3n) is 9.59. The molecule has 1 N–H and O–H groups in total. The lowest BCUT2D eigenvalue weighted by molar-refractivity contribution is -0.158. The SMILES string of the molecule is C[C@H](C=CC(=O)O)[C@H]1CC[C@H]2[C@@H]3CCC4CC(=O)CC[C@]4(C)[C@H]3CC(=O)[C@]12C. The number of carbonyl (C=O) groups is 3. The van der Waals surface area contributed by atoms with Crippen molar-refractivity contribution < 1.29 is 19.5 Å². The average molecular weight is 387 g/mol. The molecule has 4 heteroatoms. The van der Waals surface area contributed by atoms with Crippen LogP contribution in [0.25, 0.3) is 0 Å². The molecule has 0 aromatic heterocycles. The Bertz CT molecular complexity index is 724. The van der Waals surface area contributed by atoms with E-state index in [2.05, 4.69) is 20.8 Å². The molecule has 4 nitrogen and oxygen atoms in total. The Labute approximate surface area is 168 Å². The highest BCUT2D eigenvalue weighted by molar-refractivity contribution is 5.87. The molecule has 0 aromatic carbocycles. The first-order chi connectivity index (χ1) is 13.2. The van der Waals surface area contributed by atoms with Crippen LogP contribution in [0.3, 0.4) is 0 Å². The predicted octanol–water partition coefficient (Wildman–Crippen LogP) is 4.67. The van der Waals surface area contributed by atoms with Crippen LogP contribution >= 0.6 is 0 Å². The molecule has 28 heavy (non-hydrogen) atoms. The zero-order valence-electron chi connectivity index (χ0n) is 17.4. The maximum Gasteiger partial charge on any atom is 0.327 e. The summed E-state index contributed by atoms with van der Waals surface area (Å²) in [7, 11) is 0. The van der Waals surface area contributed by atoms with Crippen molar-refractivity contribution in [1.29, 1.82) is 0 Å². The Morgan fingerprint density at radius 1 is 1.11 bits per heavy atom. The Hall–Kier alpha value is -1.45. The number of Topliss-reactive ketones (excluding diaryl/α,β-unsaturated/α-hetero) is 2. The maximum atomic E-state index is 13.6. The molecule has 0 saturated heterocycles. The lowest BCUT2D eigenvalue weighted by atomic mass is 9.44. The van der Waals surface area contributed by atoms with Crippen LogP contribution in [0.2, 0.25) is 0 Å². The van der Waals surface area contributed by atoms with Crippen molar-refractivity contribution in [2.75, 3.05) is 0 Å². The van der Waals surface area contributed by atoms with E-state index in [-0.39, 0.29) is 22.7 Å². The molecule has 0 bridgehead atoms. The number of carbonyl (C=O) groups excluding carboxylic acids is 2. The summed E-state index contributed by atoms with van der Waals surface area (Å²) in [6.07, 6.45) is 10.4. The van der Waals surface area contributed by atoms with Crippen molar-refractivity contribution >= 4 is 17.5 Å². The van der Waals surface area contributed by atoms with Gasteiger partial charge in [-0.25, -0.2) is 4.79 Å². The quantitative estimate of drug-likeness (QED) is 0.716. The fraction of sp³-hybridized carbons (Fsp3) is 0.792. The summed E-state index contributed by atoms with van der Waals surface area (Å²) in [5, 5.41) is 8.99. The van der Waals surface area contributed by atoms with Gasteiger partial charge in [0.15, 0.2) is 0 Å². The number of carboxylic acids is 1. The molecule has 0 aliphatic heterocycles. The van der Waals surface area contributed by atoms with Crippen molar-refractivity contribution in [2.45, 2.75) is 72.1 Å². The summed E-state index contributed by atoms with van der Waals surface area (Å²) in [6.45, 7) is 6.61. The summed E-state index contributed by atoms with van der Waals surface area (Å²) in [4.78, 5) is 36.6. The van der Waals surface area contributed by atoms with Gasteiger partial charge in [-0.3, -0.25) is 9.59 Å². The van der Waals surface area contributed by atoms with E-state index in [0.29, 0.717) is 48.1 Å². The third-order valence-corrected chi connectivity index (χ3v) is 9.59.